The average molecular weight is 293 g/mol. The van der Waals surface area contributed by atoms with Gasteiger partial charge in [-0.2, -0.15) is 0 Å². The monoisotopic (exact) mass is 293 g/mol. The largest absolute Gasteiger partial charge is 0.508 e. The number of rotatable bonds is 5. The van der Waals surface area contributed by atoms with Crippen molar-refractivity contribution >= 4 is 0 Å². The van der Waals surface area contributed by atoms with Crippen LogP contribution in [0, 0.1) is 0 Å². The highest BCUT2D eigenvalue weighted by Crippen LogP contribution is 2.26. The zero-order valence-corrected chi connectivity index (χ0v) is 13.0. The number of phenols is 1. The SMILES string of the molecule is CC(C)(O)CN(Cc1cccc(O)c1)C1CCC(O)CC1. The molecule has 1 saturated carbocycles. The molecule has 1 aromatic rings. The molecule has 4 heteroatoms. The van der Waals surface area contributed by atoms with Gasteiger partial charge in [-0.3, -0.25) is 4.90 Å². The van der Waals surface area contributed by atoms with E-state index in [2.05, 4.69) is 4.90 Å². The summed E-state index contributed by atoms with van der Waals surface area (Å²) in [5.41, 5.74) is 0.290. The maximum absolute atomic E-state index is 10.2. The van der Waals surface area contributed by atoms with Gasteiger partial charge in [0.25, 0.3) is 0 Å². The number of hydrogen-bond donors (Lipinski definition) is 3. The lowest BCUT2D eigenvalue weighted by molar-refractivity contribution is -0.000805. The molecule has 1 aliphatic carbocycles. The first kappa shape index (κ1) is 16.3. The Kier molecular flexibility index (Phi) is 5.25. The molecule has 21 heavy (non-hydrogen) atoms. The fourth-order valence-corrected chi connectivity index (χ4v) is 3.12. The van der Waals surface area contributed by atoms with Gasteiger partial charge in [0, 0.05) is 19.1 Å². The standard InChI is InChI=1S/C17H27NO3/c1-17(2,21)12-18(14-6-8-15(19)9-7-14)11-13-4-3-5-16(20)10-13/h3-5,10,14-15,19-21H,6-9,11-12H2,1-2H3. The normalized spacial score (nSPS) is 23.5. The summed E-state index contributed by atoms with van der Waals surface area (Å²) in [6, 6.07) is 7.66. The summed E-state index contributed by atoms with van der Waals surface area (Å²) in [5.74, 6) is 0.273. The van der Waals surface area contributed by atoms with Crippen molar-refractivity contribution in [1.29, 1.82) is 0 Å². The molecule has 0 radical (unpaired) electrons. The molecule has 4 nitrogen and oxygen atoms in total. The molecule has 0 unspecified atom stereocenters. The van der Waals surface area contributed by atoms with Crippen molar-refractivity contribution < 1.29 is 15.3 Å². The highest BCUT2D eigenvalue weighted by Gasteiger charge is 2.28. The lowest BCUT2D eigenvalue weighted by Gasteiger charge is -2.38. The second-order valence-corrected chi connectivity index (χ2v) is 6.85. The van der Waals surface area contributed by atoms with Crippen molar-refractivity contribution in [3.8, 4) is 5.75 Å². The minimum absolute atomic E-state index is 0.175. The van der Waals surface area contributed by atoms with Crippen LogP contribution in [-0.4, -0.2) is 44.5 Å². The van der Waals surface area contributed by atoms with Crippen LogP contribution in [0.25, 0.3) is 0 Å². The Morgan fingerprint density at radius 3 is 2.43 bits per heavy atom. The minimum atomic E-state index is -0.757. The van der Waals surface area contributed by atoms with Gasteiger partial charge in [0.1, 0.15) is 5.75 Å². The number of aliphatic hydroxyl groups is 2. The third kappa shape index (κ3) is 5.30. The zero-order chi connectivity index (χ0) is 15.5. The third-order valence-corrected chi connectivity index (χ3v) is 4.07. The van der Waals surface area contributed by atoms with Crippen molar-refractivity contribution in [2.75, 3.05) is 6.54 Å². The first-order valence-electron chi connectivity index (χ1n) is 7.76. The molecule has 0 atom stereocenters. The molecule has 0 saturated heterocycles. The number of nitrogens with zero attached hydrogens (tertiary/aromatic N) is 1. The maximum Gasteiger partial charge on any atom is 0.115 e. The fraction of sp³-hybridized carbons (Fsp3) is 0.647. The van der Waals surface area contributed by atoms with Gasteiger partial charge in [-0.1, -0.05) is 12.1 Å². The average Bonchev–Trinajstić information content (AvgIpc) is 2.37. The highest BCUT2D eigenvalue weighted by molar-refractivity contribution is 5.27. The maximum atomic E-state index is 10.2. The first-order valence-corrected chi connectivity index (χ1v) is 7.76. The van der Waals surface area contributed by atoms with Crippen LogP contribution in [0.1, 0.15) is 45.1 Å². The van der Waals surface area contributed by atoms with Crippen molar-refractivity contribution in [2.24, 2.45) is 0 Å². The summed E-state index contributed by atoms with van der Waals surface area (Å²) in [4.78, 5) is 2.28. The summed E-state index contributed by atoms with van der Waals surface area (Å²) >= 11 is 0. The number of benzene rings is 1. The molecule has 1 fully saturated rings. The Labute approximate surface area is 127 Å². The number of phenolic OH excluding ortho intramolecular Hbond substituents is 1. The minimum Gasteiger partial charge on any atom is -0.508 e. The molecule has 1 aromatic carbocycles. The van der Waals surface area contributed by atoms with Crippen LogP contribution >= 0.6 is 0 Å². The van der Waals surface area contributed by atoms with Crippen LogP contribution < -0.4 is 0 Å². The molecular formula is C17H27NO3. The van der Waals surface area contributed by atoms with Gasteiger partial charge in [0.2, 0.25) is 0 Å². The zero-order valence-electron chi connectivity index (χ0n) is 13.0. The van der Waals surface area contributed by atoms with Gasteiger partial charge in [-0.25, -0.2) is 0 Å². The van der Waals surface area contributed by atoms with Crippen LogP contribution in [0.4, 0.5) is 0 Å². The van der Waals surface area contributed by atoms with E-state index in [0.29, 0.717) is 19.1 Å². The molecule has 0 amide bonds. The van der Waals surface area contributed by atoms with Gasteiger partial charge in [-0.05, 0) is 57.2 Å². The molecule has 0 heterocycles. The van der Waals surface area contributed by atoms with Gasteiger partial charge in [0.15, 0.2) is 0 Å². The van der Waals surface area contributed by atoms with E-state index < -0.39 is 5.60 Å². The van der Waals surface area contributed by atoms with Gasteiger partial charge in [0.05, 0.1) is 11.7 Å². The Morgan fingerprint density at radius 2 is 1.86 bits per heavy atom. The first-order chi connectivity index (χ1) is 9.83. The molecule has 118 valence electrons. The lowest BCUT2D eigenvalue weighted by Crippen LogP contribution is -2.45. The summed E-state index contributed by atoms with van der Waals surface area (Å²) in [6.45, 7) is 4.93. The van der Waals surface area contributed by atoms with E-state index in [9.17, 15) is 15.3 Å². The van der Waals surface area contributed by atoms with E-state index in [1.165, 1.54) is 0 Å². The van der Waals surface area contributed by atoms with Crippen LogP contribution in [-0.2, 0) is 6.54 Å². The summed E-state index contributed by atoms with van der Waals surface area (Å²) in [5, 5.41) is 29.4. The predicted molar refractivity (Wildman–Crippen MR) is 83.1 cm³/mol. The van der Waals surface area contributed by atoms with Crippen molar-refractivity contribution in [3.63, 3.8) is 0 Å². The fourth-order valence-electron chi connectivity index (χ4n) is 3.12. The Morgan fingerprint density at radius 1 is 1.19 bits per heavy atom. The summed E-state index contributed by atoms with van der Waals surface area (Å²) in [6.07, 6.45) is 3.39. The van der Waals surface area contributed by atoms with Gasteiger partial charge >= 0.3 is 0 Å². The third-order valence-electron chi connectivity index (χ3n) is 4.07. The predicted octanol–water partition coefficient (Wildman–Crippen LogP) is 2.27. The summed E-state index contributed by atoms with van der Waals surface area (Å²) in [7, 11) is 0. The molecule has 3 N–H and O–H groups in total. The van der Waals surface area contributed by atoms with Gasteiger partial charge < -0.3 is 15.3 Å². The van der Waals surface area contributed by atoms with E-state index in [4.69, 9.17) is 0 Å². The van der Waals surface area contributed by atoms with Crippen LogP contribution in [0.3, 0.4) is 0 Å². The highest BCUT2D eigenvalue weighted by atomic mass is 16.3. The summed E-state index contributed by atoms with van der Waals surface area (Å²) < 4.78 is 0. The molecule has 0 aromatic heterocycles. The second-order valence-electron chi connectivity index (χ2n) is 6.85. The molecule has 1 aliphatic rings. The Bertz CT molecular complexity index is 448. The van der Waals surface area contributed by atoms with Crippen molar-refractivity contribution in [3.05, 3.63) is 29.8 Å². The van der Waals surface area contributed by atoms with E-state index >= 15 is 0 Å². The Balaban J connectivity index is 2.08. The van der Waals surface area contributed by atoms with Gasteiger partial charge in [-0.15, -0.1) is 0 Å². The molecule has 0 bridgehead atoms. The van der Waals surface area contributed by atoms with Crippen LogP contribution in [0.5, 0.6) is 5.75 Å². The molecule has 2 rings (SSSR count). The van der Waals surface area contributed by atoms with Crippen LogP contribution in [0.2, 0.25) is 0 Å². The van der Waals surface area contributed by atoms with Crippen LogP contribution in [0.15, 0.2) is 24.3 Å². The van der Waals surface area contributed by atoms with E-state index in [1.54, 1.807) is 12.1 Å². The topological polar surface area (TPSA) is 63.9 Å². The number of hydrogen-bond acceptors (Lipinski definition) is 4. The molecule has 0 spiro atoms. The Hall–Kier alpha value is -1.10. The van der Waals surface area contributed by atoms with E-state index in [1.807, 2.05) is 26.0 Å². The quantitative estimate of drug-likeness (QED) is 0.779. The van der Waals surface area contributed by atoms with E-state index in [-0.39, 0.29) is 11.9 Å². The lowest BCUT2D eigenvalue weighted by atomic mass is 9.91. The smallest absolute Gasteiger partial charge is 0.115 e. The number of aliphatic hydroxyl groups excluding tert-OH is 1. The second kappa shape index (κ2) is 6.77. The molecule has 0 aliphatic heterocycles. The molecular weight excluding hydrogens is 266 g/mol. The van der Waals surface area contributed by atoms with E-state index in [0.717, 1.165) is 31.2 Å². The number of aromatic hydroxyl groups is 1. The van der Waals surface area contributed by atoms with Crippen molar-refractivity contribution in [1.82, 2.24) is 4.90 Å². The van der Waals surface area contributed by atoms with Crippen molar-refractivity contribution in [2.45, 2.75) is 63.8 Å².